The Morgan fingerprint density at radius 3 is 2.00 bits per heavy atom. The minimum atomic E-state index is -4.87. The molecule has 0 saturated heterocycles. The van der Waals surface area contributed by atoms with E-state index in [1.807, 2.05) is 36.4 Å². The van der Waals surface area contributed by atoms with Crippen LogP contribution in [0.5, 0.6) is 5.75 Å². The fourth-order valence-electron chi connectivity index (χ4n) is 2.79. The zero-order valence-corrected chi connectivity index (χ0v) is 16.0. The van der Waals surface area contributed by atoms with Crippen LogP contribution in [0.1, 0.15) is 16.7 Å². The van der Waals surface area contributed by atoms with E-state index < -0.39 is 18.1 Å². The van der Waals surface area contributed by atoms with Gasteiger partial charge in [-0.05, 0) is 29.7 Å². The molecular weight excluding hydrogens is 397 g/mol. The Labute approximate surface area is 172 Å². The minimum Gasteiger partial charge on any atom is -0.406 e. The summed E-state index contributed by atoms with van der Waals surface area (Å²) in [7, 11) is 0. The lowest BCUT2D eigenvalue weighted by atomic mass is 10.1. The Kier molecular flexibility index (Phi) is 7.10. The molecule has 0 aliphatic heterocycles. The molecule has 0 bridgehead atoms. The fourth-order valence-corrected chi connectivity index (χ4v) is 2.79. The molecule has 0 fully saturated rings. The van der Waals surface area contributed by atoms with Crippen LogP contribution in [0.15, 0.2) is 84.9 Å². The van der Waals surface area contributed by atoms with Crippen molar-refractivity contribution < 1.29 is 32.5 Å². The predicted molar refractivity (Wildman–Crippen MR) is 103 cm³/mol. The molecule has 3 aromatic rings. The molecule has 1 radical (unpaired) electrons. The highest BCUT2D eigenvalue weighted by Gasteiger charge is 2.36. The van der Waals surface area contributed by atoms with E-state index in [0.717, 1.165) is 23.3 Å². The molecule has 7 heteroatoms. The lowest BCUT2D eigenvalue weighted by Gasteiger charge is -2.27. The van der Waals surface area contributed by atoms with Gasteiger partial charge in [0.05, 0.1) is 13.2 Å². The number of hydrogen-bond donors (Lipinski definition) is 0. The third-order valence-electron chi connectivity index (χ3n) is 4.22. The average Bonchev–Trinajstić information content (AvgIpc) is 2.73. The second-order valence-electron chi connectivity index (χ2n) is 6.49. The molecular formula is C23H20F3O4. The summed E-state index contributed by atoms with van der Waals surface area (Å²) in [6.07, 6.45) is -4.43. The molecule has 4 nitrogen and oxygen atoms in total. The molecule has 0 unspecified atom stereocenters. The highest BCUT2D eigenvalue weighted by atomic mass is 19.4. The summed E-state index contributed by atoms with van der Waals surface area (Å²) in [6.45, 7) is -0.0489. The second-order valence-corrected chi connectivity index (χ2v) is 6.49. The zero-order chi connectivity index (χ0) is 21.5. The van der Waals surface area contributed by atoms with Gasteiger partial charge in [-0.15, -0.1) is 13.2 Å². The van der Waals surface area contributed by atoms with Crippen LogP contribution in [0.25, 0.3) is 0 Å². The molecule has 1 atom stereocenters. The van der Waals surface area contributed by atoms with Gasteiger partial charge >= 0.3 is 12.3 Å². The van der Waals surface area contributed by atoms with Gasteiger partial charge in [-0.25, -0.2) is 0 Å². The van der Waals surface area contributed by atoms with E-state index in [4.69, 9.17) is 9.47 Å². The van der Waals surface area contributed by atoms with Gasteiger partial charge in [0, 0.05) is 5.56 Å². The standard InChI is InChI=1S/C23H20F3O4/c24-23(25,26)30-21-13-7-12-20(16-21)22(27,29-17-19-10-5-2-6-11-19)28-15-14-18-8-3-1-4-9-18/h1-13,16H,14-15,17H2/t22-/m1/s1. The van der Waals surface area contributed by atoms with Crippen molar-refractivity contribution in [3.63, 3.8) is 0 Å². The highest BCUT2D eigenvalue weighted by molar-refractivity contribution is 5.30. The van der Waals surface area contributed by atoms with Crippen molar-refractivity contribution in [1.82, 2.24) is 0 Å². The van der Waals surface area contributed by atoms with E-state index in [0.29, 0.717) is 6.42 Å². The topological polar surface area (TPSA) is 47.6 Å². The van der Waals surface area contributed by atoms with E-state index in [2.05, 4.69) is 4.74 Å². The maximum absolute atomic E-state index is 13.4. The molecule has 30 heavy (non-hydrogen) atoms. The molecule has 0 aliphatic carbocycles. The SMILES string of the molecule is [O][C@](OCCc1ccccc1)(OCc1ccccc1)c1cccc(OC(F)(F)F)c1. The van der Waals surface area contributed by atoms with Crippen molar-refractivity contribution in [2.45, 2.75) is 25.4 Å². The summed E-state index contributed by atoms with van der Waals surface area (Å²) in [5, 5.41) is 13.4. The summed E-state index contributed by atoms with van der Waals surface area (Å²) in [6, 6.07) is 23.1. The van der Waals surface area contributed by atoms with E-state index in [1.54, 1.807) is 24.3 Å². The summed E-state index contributed by atoms with van der Waals surface area (Å²) in [5.74, 6) is -3.02. The average molecular weight is 417 g/mol. The number of alkyl halides is 3. The fraction of sp³-hybridized carbons (Fsp3) is 0.217. The number of hydrogen-bond acceptors (Lipinski definition) is 3. The van der Waals surface area contributed by atoms with Crippen LogP contribution in [0.3, 0.4) is 0 Å². The Morgan fingerprint density at radius 2 is 1.37 bits per heavy atom. The molecule has 0 aromatic heterocycles. The molecule has 3 aromatic carbocycles. The van der Waals surface area contributed by atoms with Gasteiger partial charge in [0.2, 0.25) is 0 Å². The number of rotatable bonds is 9. The van der Waals surface area contributed by atoms with Crippen LogP contribution in [0.2, 0.25) is 0 Å². The molecule has 3 rings (SSSR count). The summed E-state index contributed by atoms with van der Waals surface area (Å²) >= 11 is 0. The van der Waals surface area contributed by atoms with Crippen LogP contribution < -0.4 is 4.74 Å². The molecule has 0 spiro atoms. The third-order valence-corrected chi connectivity index (χ3v) is 4.22. The maximum atomic E-state index is 13.4. The highest BCUT2D eigenvalue weighted by Crippen LogP contribution is 2.31. The first-order valence-corrected chi connectivity index (χ1v) is 9.26. The second kappa shape index (κ2) is 9.75. The van der Waals surface area contributed by atoms with Crippen LogP contribution in [0.4, 0.5) is 13.2 Å². The Morgan fingerprint density at radius 1 is 0.733 bits per heavy atom. The first kappa shape index (κ1) is 21.8. The first-order chi connectivity index (χ1) is 14.3. The van der Waals surface area contributed by atoms with Crippen molar-refractivity contribution in [1.29, 1.82) is 0 Å². The first-order valence-electron chi connectivity index (χ1n) is 9.26. The van der Waals surface area contributed by atoms with Crippen molar-refractivity contribution in [3.8, 4) is 5.75 Å². The largest absolute Gasteiger partial charge is 0.573 e. The van der Waals surface area contributed by atoms with Crippen LogP contribution in [0, 0.1) is 0 Å². The normalized spacial score (nSPS) is 13.6. The smallest absolute Gasteiger partial charge is 0.406 e. The molecule has 0 heterocycles. The van der Waals surface area contributed by atoms with Crippen molar-refractivity contribution in [2.24, 2.45) is 0 Å². The summed E-state index contributed by atoms with van der Waals surface area (Å²) < 4.78 is 52.6. The van der Waals surface area contributed by atoms with E-state index in [-0.39, 0.29) is 18.8 Å². The predicted octanol–water partition coefficient (Wildman–Crippen LogP) is 5.60. The zero-order valence-electron chi connectivity index (χ0n) is 16.0. The lowest BCUT2D eigenvalue weighted by Crippen LogP contribution is -2.32. The van der Waals surface area contributed by atoms with Crippen molar-refractivity contribution in [2.75, 3.05) is 6.61 Å². The van der Waals surface area contributed by atoms with Gasteiger partial charge in [0.15, 0.2) is 0 Å². The van der Waals surface area contributed by atoms with Crippen LogP contribution in [-0.2, 0) is 33.6 Å². The van der Waals surface area contributed by atoms with Gasteiger partial charge in [-0.1, -0.05) is 72.8 Å². The number of ether oxygens (including phenoxy) is 3. The Hall–Kier alpha value is -2.87. The molecule has 157 valence electrons. The van der Waals surface area contributed by atoms with E-state index in [1.165, 1.54) is 12.1 Å². The van der Waals surface area contributed by atoms with Crippen LogP contribution in [-0.4, -0.2) is 13.0 Å². The molecule has 0 N–H and O–H groups in total. The number of benzene rings is 3. The molecule has 0 amide bonds. The minimum absolute atomic E-state index is 0.0205. The third kappa shape index (κ3) is 6.59. The van der Waals surface area contributed by atoms with Crippen LogP contribution >= 0.6 is 0 Å². The molecule has 0 saturated carbocycles. The van der Waals surface area contributed by atoms with Crippen molar-refractivity contribution in [3.05, 3.63) is 102 Å². The Balaban J connectivity index is 1.78. The number of halogens is 3. The quantitative estimate of drug-likeness (QED) is 0.426. The van der Waals surface area contributed by atoms with E-state index >= 15 is 0 Å². The monoisotopic (exact) mass is 417 g/mol. The van der Waals surface area contributed by atoms with Gasteiger partial charge < -0.3 is 14.2 Å². The van der Waals surface area contributed by atoms with E-state index in [9.17, 15) is 18.3 Å². The van der Waals surface area contributed by atoms with Gasteiger partial charge in [-0.2, -0.15) is 5.11 Å². The van der Waals surface area contributed by atoms with Crippen molar-refractivity contribution >= 4 is 0 Å². The summed E-state index contributed by atoms with van der Waals surface area (Å²) in [5.41, 5.74) is 1.57. The lowest BCUT2D eigenvalue weighted by molar-refractivity contribution is -0.405. The van der Waals surface area contributed by atoms with Gasteiger partial charge in [-0.3, -0.25) is 0 Å². The molecule has 0 aliphatic rings. The van der Waals surface area contributed by atoms with Gasteiger partial charge in [0.1, 0.15) is 5.75 Å². The maximum Gasteiger partial charge on any atom is 0.573 e. The summed E-state index contributed by atoms with van der Waals surface area (Å²) in [4.78, 5) is 0. The van der Waals surface area contributed by atoms with Gasteiger partial charge in [0.25, 0.3) is 0 Å². The Bertz CT molecular complexity index is 916.